The number of nitrogens with two attached hydrogens (primary N) is 1. The van der Waals surface area contributed by atoms with Crippen molar-refractivity contribution in [2.45, 2.75) is 19.9 Å². The second-order valence-corrected chi connectivity index (χ2v) is 5.86. The number of benzene rings is 1. The Morgan fingerprint density at radius 2 is 2.05 bits per heavy atom. The molecule has 0 saturated heterocycles. The molecule has 1 unspecified atom stereocenters. The summed E-state index contributed by atoms with van der Waals surface area (Å²) in [6.07, 6.45) is 1.80. The van der Waals surface area contributed by atoms with Gasteiger partial charge in [-0.2, -0.15) is 0 Å². The van der Waals surface area contributed by atoms with Crippen molar-refractivity contribution in [1.82, 2.24) is 9.97 Å². The summed E-state index contributed by atoms with van der Waals surface area (Å²) in [7, 11) is 0. The van der Waals surface area contributed by atoms with Gasteiger partial charge in [0, 0.05) is 16.5 Å². The average molecular weight is 269 g/mol. The second kappa shape index (κ2) is 4.72. The summed E-state index contributed by atoms with van der Waals surface area (Å²) < 4.78 is 0. The Bertz CT molecular complexity index is 714. The first-order chi connectivity index (χ1) is 9.15. The van der Waals surface area contributed by atoms with E-state index in [-0.39, 0.29) is 6.04 Å². The van der Waals surface area contributed by atoms with E-state index < -0.39 is 0 Å². The van der Waals surface area contributed by atoms with E-state index >= 15 is 0 Å². The van der Waals surface area contributed by atoms with Crippen molar-refractivity contribution in [1.29, 1.82) is 0 Å². The Kier molecular flexibility index (Phi) is 3.05. The number of thiazole rings is 1. The maximum atomic E-state index is 6.32. The van der Waals surface area contributed by atoms with Gasteiger partial charge in [-0.1, -0.05) is 12.1 Å². The summed E-state index contributed by atoms with van der Waals surface area (Å²) in [5, 5.41) is 2.08. The molecule has 2 N–H and O–H groups in total. The lowest BCUT2D eigenvalue weighted by Gasteiger charge is -2.09. The highest BCUT2D eigenvalue weighted by molar-refractivity contribution is 7.11. The Morgan fingerprint density at radius 1 is 1.21 bits per heavy atom. The standard InChI is InChI=1S/C15H15N3S/c1-9-10(2)19-15(18-9)14(16)12-5-6-13-11(8-12)4-3-7-17-13/h3-8,14H,16H2,1-2H3. The third-order valence-corrected chi connectivity index (χ3v) is 4.45. The van der Waals surface area contributed by atoms with Crippen LogP contribution in [0.15, 0.2) is 36.5 Å². The van der Waals surface area contributed by atoms with E-state index in [1.807, 2.05) is 25.1 Å². The number of pyridine rings is 1. The lowest BCUT2D eigenvalue weighted by molar-refractivity contribution is 0.853. The minimum atomic E-state index is -0.165. The molecule has 4 heteroatoms. The third-order valence-electron chi connectivity index (χ3n) is 3.30. The molecule has 3 rings (SSSR count). The molecule has 0 amide bonds. The molecule has 1 atom stereocenters. The van der Waals surface area contributed by atoms with Crippen LogP contribution >= 0.6 is 11.3 Å². The molecule has 0 saturated carbocycles. The van der Waals surface area contributed by atoms with Crippen molar-refractivity contribution in [3.8, 4) is 0 Å². The fourth-order valence-corrected chi connectivity index (χ4v) is 3.01. The monoisotopic (exact) mass is 269 g/mol. The summed E-state index contributed by atoms with van der Waals surface area (Å²) in [5.74, 6) is 0. The third kappa shape index (κ3) is 2.25. The highest BCUT2D eigenvalue weighted by Crippen LogP contribution is 2.27. The molecule has 2 aromatic heterocycles. The van der Waals surface area contributed by atoms with Gasteiger partial charge in [-0.25, -0.2) is 4.98 Å². The molecule has 0 fully saturated rings. The molecule has 3 aromatic rings. The van der Waals surface area contributed by atoms with Crippen molar-refractivity contribution in [3.05, 3.63) is 57.7 Å². The topological polar surface area (TPSA) is 51.8 Å². The van der Waals surface area contributed by atoms with E-state index in [1.165, 1.54) is 4.88 Å². The van der Waals surface area contributed by atoms with Crippen molar-refractivity contribution >= 4 is 22.2 Å². The van der Waals surface area contributed by atoms with E-state index in [0.29, 0.717) is 0 Å². The van der Waals surface area contributed by atoms with Gasteiger partial charge < -0.3 is 5.73 Å². The predicted molar refractivity (Wildman–Crippen MR) is 79.4 cm³/mol. The number of aryl methyl sites for hydroxylation is 2. The second-order valence-electron chi connectivity index (χ2n) is 4.63. The van der Waals surface area contributed by atoms with Gasteiger partial charge in [0.25, 0.3) is 0 Å². The maximum Gasteiger partial charge on any atom is 0.114 e. The summed E-state index contributed by atoms with van der Waals surface area (Å²) >= 11 is 1.67. The van der Waals surface area contributed by atoms with Crippen LogP contribution in [-0.4, -0.2) is 9.97 Å². The molecule has 0 aliphatic rings. The van der Waals surface area contributed by atoms with E-state index in [0.717, 1.165) is 27.2 Å². The number of rotatable bonds is 2. The lowest BCUT2D eigenvalue weighted by Crippen LogP contribution is -2.11. The molecule has 3 nitrogen and oxygen atoms in total. The van der Waals surface area contributed by atoms with Gasteiger partial charge in [0.15, 0.2) is 0 Å². The van der Waals surface area contributed by atoms with Crippen molar-refractivity contribution in [2.75, 3.05) is 0 Å². The first-order valence-corrected chi connectivity index (χ1v) is 7.01. The molecular weight excluding hydrogens is 254 g/mol. The number of fused-ring (bicyclic) bond motifs is 1. The SMILES string of the molecule is Cc1nc(C(N)c2ccc3ncccc3c2)sc1C. The summed E-state index contributed by atoms with van der Waals surface area (Å²) in [6.45, 7) is 4.10. The first-order valence-electron chi connectivity index (χ1n) is 6.19. The zero-order valence-electron chi connectivity index (χ0n) is 10.9. The van der Waals surface area contributed by atoms with Crippen LogP contribution in [0.5, 0.6) is 0 Å². The largest absolute Gasteiger partial charge is 0.318 e. The number of hydrogen-bond donors (Lipinski definition) is 1. The number of hydrogen-bond acceptors (Lipinski definition) is 4. The summed E-state index contributed by atoms with van der Waals surface area (Å²) in [5.41, 5.74) is 9.45. The smallest absolute Gasteiger partial charge is 0.114 e. The van der Waals surface area contributed by atoms with Gasteiger partial charge in [0.2, 0.25) is 0 Å². The highest BCUT2D eigenvalue weighted by Gasteiger charge is 2.14. The molecule has 0 bridgehead atoms. The predicted octanol–water partition coefficient (Wildman–Crippen LogP) is 3.36. The Morgan fingerprint density at radius 3 is 2.79 bits per heavy atom. The normalized spacial score (nSPS) is 12.8. The summed E-state index contributed by atoms with van der Waals surface area (Å²) in [6, 6.07) is 9.97. The van der Waals surface area contributed by atoms with Gasteiger partial charge >= 0.3 is 0 Å². The molecule has 19 heavy (non-hydrogen) atoms. The number of aromatic nitrogens is 2. The fraction of sp³-hybridized carbons (Fsp3) is 0.200. The van der Waals surface area contributed by atoms with Crippen molar-refractivity contribution < 1.29 is 0 Å². The molecule has 96 valence electrons. The van der Waals surface area contributed by atoms with Crippen LogP contribution in [0.2, 0.25) is 0 Å². The van der Waals surface area contributed by atoms with Crippen LogP contribution < -0.4 is 5.73 Å². The van der Waals surface area contributed by atoms with Crippen LogP contribution in [0.25, 0.3) is 10.9 Å². The van der Waals surface area contributed by atoms with E-state index in [1.54, 1.807) is 17.5 Å². The van der Waals surface area contributed by atoms with Crippen LogP contribution in [0.1, 0.15) is 27.2 Å². The molecule has 0 radical (unpaired) electrons. The average Bonchev–Trinajstić information content (AvgIpc) is 2.77. The van der Waals surface area contributed by atoms with Gasteiger partial charge in [0.1, 0.15) is 5.01 Å². The quantitative estimate of drug-likeness (QED) is 0.776. The van der Waals surface area contributed by atoms with Gasteiger partial charge in [-0.05, 0) is 37.6 Å². The Labute approximate surface area is 116 Å². The van der Waals surface area contributed by atoms with Crippen LogP contribution in [0.3, 0.4) is 0 Å². The van der Waals surface area contributed by atoms with Crippen LogP contribution in [0, 0.1) is 13.8 Å². The summed E-state index contributed by atoms with van der Waals surface area (Å²) in [4.78, 5) is 10.1. The minimum absolute atomic E-state index is 0.165. The maximum absolute atomic E-state index is 6.32. The van der Waals surface area contributed by atoms with Crippen LogP contribution in [-0.2, 0) is 0 Å². The molecule has 0 aliphatic carbocycles. The lowest BCUT2D eigenvalue weighted by atomic mass is 10.1. The highest BCUT2D eigenvalue weighted by atomic mass is 32.1. The van der Waals surface area contributed by atoms with Gasteiger partial charge in [-0.3, -0.25) is 4.98 Å². The Hall–Kier alpha value is -1.78. The van der Waals surface area contributed by atoms with Crippen molar-refractivity contribution in [3.63, 3.8) is 0 Å². The van der Waals surface area contributed by atoms with Crippen LogP contribution in [0.4, 0.5) is 0 Å². The zero-order chi connectivity index (χ0) is 13.4. The van der Waals surface area contributed by atoms with Gasteiger partial charge in [-0.15, -0.1) is 11.3 Å². The van der Waals surface area contributed by atoms with E-state index in [9.17, 15) is 0 Å². The van der Waals surface area contributed by atoms with Crippen molar-refractivity contribution in [2.24, 2.45) is 5.73 Å². The molecule has 1 aromatic carbocycles. The fourth-order valence-electron chi connectivity index (χ4n) is 2.06. The van der Waals surface area contributed by atoms with Gasteiger partial charge in [0.05, 0.1) is 17.3 Å². The molecule has 0 spiro atoms. The van der Waals surface area contributed by atoms with E-state index in [4.69, 9.17) is 5.73 Å². The minimum Gasteiger partial charge on any atom is -0.318 e. The Balaban J connectivity index is 2.03. The number of nitrogens with zero attached hydrogens (tertiary/aromatic N) is 2. The zero-order valence-corrected chi connectivity index (χ0v) is 11.7. The first kappa shape index (κ1) is 12.3. The molecular formula is C15H15N3S. The van der Waals surface area contributed by atoms with E-state index in [2.05, 4.69) is 29.0 Å². The molecule has 2 heterocycles. The molecule has 0 aliphatic heterocycles.